The highest BCUT2D eigenvalue weighted by molar-refractivity contribution is 5.62. The molecule has 6 nitrogen and oxygen atoms in total. The van der Waals surface area contributed by atoms with Crippen LogP contribution >= 0.6 is 0 Å². The van der Waals surface area contributed by atoms with Gasteiger partial charge in [0, 0.05) is 51.9 Å². The van der Waals surface area contributed by atoms with Gasteiger partial charge < -0.3 is 5.32 Å². The zero-order valence-electron chi connectivity index (χ0n) is 12.4. The normalized spacial score (nSPS) is 20.4. The lowest BCUT2D eigenvalue weighted by molar-refractivity contribution is -0.384. The molecule has 21 heavy (non-hydrogen) atoms. The second kappa shape index (κ2) is 5.99. The van der Waals surface area contributed by atoms with Gasteiger partial charge in [0.05, 0.1) is 4.92 Å². The standard InChI is InChI=1S/C15H22N4O2/c1-16-14-5-2-12(10-15(14)19(20)21)11-17-6-8-18(9-7-17)13-3-4-13/h2,5,10,13,16H,3-4,6-9,11H2,1H3. The smallest absolute Gasteiger partial charge is 0.292 e. The first-order valence-electron chi connectivity index (χ1n) is 7.59. The summed E-state index contributed by atoms with van der Waals surface area (Å²) in [6, 6.07) is 6.31. The summed E-state index contributed by atoms with van der Waals surface area (Å²) in [5.74, 6) is 0. The summed E-state index contributed by atoms with van der Waals surface area (Å²) in [6.07, 6.45) is 2.72. The summed E-state index contributed by atoms with van der Waals surface area (Å²) in [5, 5.41) is 14.0. The Balaban J connectivity index is 1.62. The molecule has 0 amide bonds. The molecule has 1 aromatic carbocycles. The van der Waals surface area contributed by atoms with Crippen molar-refractivity contribution in [2.75, 3.05) is 38.5 Å². The summed E-state index contributed by atoms with van der Waals surface area (Å²) in [5.41, 5.74) is 1.74. The van der Waals surface area contributed by atoms with Crippen molar-refractivity contribution in [1.29, 1.82) is 0 Å². The van der Waals surface area contributed by atoms with Crippen molar-refractivity contribution in [2.45, 2.75) is 25.4 Å². The van der Waals surface area contributed by atoms with E-state index in [4.69, 9.17) is 0 Å². The average Bonchev–Trinajstić information content (AvgIpc) is 3.32. The van der Waals surface area contributed by atoms with Crippen LogP contribution in [-0.4, -0.2) is 54.0 Å². The predicted molar refractivity (Wildman–Crippen MR) is 82.5 cm³/mol. The summed E-state index contributed by atoms with van der Waals surface area (Å²) < 4.78 is 0. The number of nitrogens with one attached hydrogen (secondary N) is 1. The molecule has 1 heterocycles. The minimum absolute atomic E-state index is 0.159. The van der Waals surface area contributed by atoms with E-state index in [0.29, 0.717) is 5.69 Å². The third kappa shape index (κ3) is 3.33. The van der Waals surface area contributed by atoms with E-state index in [9.17, 15) is 10.1 Å². The molecule has 2 aliphatic rings. The van der Waals surface area contributed by atoms with Crippen LogP contribution in [0.3, 0.4) is 0 Å². The SMILES string of the molecule is CNc1ccc(CN2CCN(C3CC3)CC2)cc1[N+](=O)[O-]. The molecule has 0 atom stereocenters. The quantitative estimate of drug-likeness (QED) is 0.663. The van der Waals surface area contributed by atoms with Crippen molar-refractivity contribution in [2.24, 2.45) is 0 Å². The molecule has 1 aliphatic heterocycles. The van der Waals surface area contributed by atoms with Crippen LogP contribution in [0.1, 0.15) is 18.4 Å². The summed E-state index contributed by atoms with van der Waals surface area (Å²) in [4.78, 5) is 15.7. The number of nitro groups is 1. The Labute approximate surface area is 124 Å². The Hall–Kier alpha value is -1.66. The van der Waals surface area contributed by atoms with E-state index in [1.807, 2.05) is 6.07 Å². The van der Waals surface area contributed by atoms with Gasteiger partial charge in [-0.15, -0.1) is 0 Å². The lowest BCUT2D eigenvalue weighted by Crippen LogP contribution is -2.46. The molecule has 2 fully saturated rings. The maximum atomic E-state index is 11.1. The van der Waals surface area contributed by atoms with Crippen molar-refractivity contribution in [3.05, 3.63) is 33.9 Å². The molecule has 0 spiro atoms. The predicted octanol–water partition coefficient (Wildman–Crippen LogP) is 1.92. The topological polar surface area (TPSA) is 61.6 Å². The Bertz CT molecular complexity index is 522. The minimum Gasteiger partial charge on any atom is -0.383 e. The largest absolute Gasteiger partial charge is 0.383 e. The summed E-state index contributed by atoms with van der Waals surface area (Å²) >= 11 is 0. The number of anilines is 1. The maximum absolute atomic E-state index is 11.1. The molecule has 0 radical (unpaired) electrons. The Morgan fingerprint density at radius 3 is 2.57 bits per heavy atom. The van der Waals surface area contributed by atoms with Gasteiger partial charge in [0.15, 0.2) is 0 Å². The monoisotopic (exact) mass is 290 g/mol. The van der Waals surface area contributed by atoms with Gasteiger partial charge in [-0.1, -0.05) is 6.07 Å². The zero-order valence-corrected chi connectivity index (χ0v) is 12.4. The molecular weight excluding hydrogens is 268 g/mol. The van der Waals surface area contributed by atoms with Gasteiger partial charge in [-0.05, 0) is 24.5 Å². The van der Waals surface area contributed by atoms with Crippen LogP contribution in [0.15, 0.2) is 18.2 Å². The molecule has 0 unspecified atom stereocenters. The van der Waals surface area contributed by atoms with Gasteiger partial charge >= 0.3 is 0 Å². The maximum Gasteiger partial charge on any atom is 0.292 e. The van der Waals surface area contributed by atoms with Gasteiger partial charge in [-0.2, -0.15) is 0 Å². The van der Waals surface area contributed by atoms with Crippen LogP contribution in [0, 0.1) is 10.1 Å². The third-order valence-electron chi connectivity index (χ3n) is 4.40. The van der Waals surface area contributed by atoms with E-state index in [1.165, 1.54) is 12.8 Å². The van der Waals surface area contributed by atoms with E-state index in [0.717, 1.165) is 44.3 Å². The van der Waals surface area contributed by atoms with E-state index < -0.39 is 0 Å². The highest BCUT2D eigenvalue weighted by atomic mass is 16.6. The number of hydrogen-bond acceptors (Lipinski definition) is 5. The second-order valence-corrected chi connectivity index (χ2v) is 5.90. The molecule has 114 valence electrons. The Morgan fingerprint density at radius 1 is 1.29 bits per heavy atom. The van der Waals surface area contributed by atoms with E-state index in [1.54, 1.807) is 19.2 Å². The number of hydrogen-bond donors (Lipinski definition) is 1. The highest BCUT2D eigenvalue weighted by Gasteiger charge is 2.31. The van der Waals surface area contributed by atoms with Crippen LogP contribution in [0.25, 0.3) is 0 Å². The van der Waals surface area contributed by atoms with E-state index in [2.05, 4.69) is 15.1 Å². The van der Waals surface area contributed by atoms with Crippen molar-refractivity contribution in [3.8, 4) is 0 Å². The number of rotatable bonds is 5. The molecule has 0 aromatic heterocycles. The third-order valence-corrected chi connectivity index (χ3v) is 4.40. The van der Waals surface area contributed by atoms with E-state index in [-0.39, 0.29) is 10.6 Å². The first-order valence-corrected chi connectivity index (χ1v) is 7.59. The number of nitrogens with zero attached hydrogens (tertiary/aromatic N) is 3. The van der Waals surface area contributed by atoms with Gasteiger partial charge in [0.25, 0.3) is 5.69 Å². The molecular formula is C15H22N4O2. The minimum atomic E-state index is -0.319. The number of piperazine rings is 1. The molecule has 1 aromatic rings. The fourth-order valence-corrected chi connectivity index (χ4v) is 3.02. The Morgan fingerprint density at radius 2 is 2.00 bits per heavy atom. The molecule has 3 rings (SSSR count). The molecule has 1 saturated heterocycles. The average molecular weight is 290 g/mol. The van der Waals surface area contributed by atoms with Crippen molar-refractivity contribution < 1.29 is 4.92 Å². The van der Waals surface area contributed by atoms with Crippen molar-refractivity contribution in [1.82, 2.24) is 9.80 Å². The van der Waals surface area contributed by atoms with Gasteiger partial charge in [-0.3, -0.25) is 19.9 Å². The molecule has 6 heteroatoms. The van der Waals surface area contributed by atoms with E-state index >= 15 is 0 Å². The van der Waals surface area contributed by atoms with Crippen molar-refractivity contribution in [3.63, 3.8) is 0 Å². The summed E-state index contributed by atoms with van der Waals surface area (Å²) in [7, 11) is 1.71. The first-order chi connectivity index (χ1) is 10.2. The zero-order chi connectivity index (χ0) is 14.8. The van der Waals surface area contributed by atoms with Gasteiger partial charge in [0.1, 0.15) is 5.69 Å². The fraction of sp³-hybridized carbons (Fsp3) is 0.600. The lowest BCUT2D eigenvalue weighted by atomic mass is 10.1. The molecule has 1 saturated carbocycles. The molecule has 0 bridgehead atoms. The van der Waals surface area contributed by atoms with Gasteiger partial charge in [-0.25, -0.2) is 0 Å². The highest BCUT2D eigenvalue weighted by Crippen LogP contribution is 2.28. The van der Waals surface area contributed by atoms with Crippen molar-refractivity contribution >= 4 is 11.4 Å². The lowest BCUT2D eigenvalue weighted by Gasteiger charge is -2.34. The van der Waals surface area contributed by atoms with Crippen LogP contribution in [0.2, 0.25) is 0 Å². The van der Waals surface area contributed by atoms with Crippen LogP contribution in [0.4, 0.5) is 11.4 Å². The number of nitro benzene ring substituents is 1. The van der Waals surface area contributed by atoms with Gasteiger partial charge in [0.2, 0.25) is 0 Å². The fourth-order valence-electron chi connectivity index (χ4n) is 3.02. The van der Waals surface area contributed by atoms with Crippen LogP contribution in [0.5, 0.6) is 0 Å². The molecule has 1 aliphatic carbocycles. The first kappa shape index (κ1) is 14.3. The Kier molecular flexibility index (Phi) is 4.07. The number of benzene rings is 1. The van der Waals surface area contributed by atoms with Crippen LogP contribution < -0.4 is 5.32 Å². The molecule has 1 N–H and O–H groups in total. The summed E-state index contributed by atoms with van der Waals surface area (Å²) in [6.45, 7) is 5.15. The van der Waals surface area contributed by atoms with Crippen LogP contribution in [-0.2, 0) is 6.54 Å². The second-order valence-electron chi connectivity index (χ2n) is 5.90.